The van der Waals surface area contributed by atoms with Crippen LogP contribution >= 0.6 is 0 Å². The molecule has 4 nitrogen and oxygen atoms in total. The summed E-state index contributed by atoms with van der Waals surface area (Å²) in [7, 11) is 0. The standard InChI is InChI=1S/C17H11N3O/c1-10-18-15-17(21-10)20-14-9-5-4-7-12(14)11-6-2-3-8-13(11)16(20)19-15/h2-9H,1H3. The summed E-state index contributed by atoms with van der Waals surface area (Å²) in [5.41, 5.74) is 3.36. The Morgan fingerprint density at radius 1 is 0.857 bits per heavy atom. The molecule has 3 aromatic heterocycles. The molecule has 0 atom stereocenters. The molecule has 0 aliphatic rings. The molecule has 100 valence electrons. The molecular weight excluding hydrogens is 262 g/mol. The number of fused-ring (bicyclic) bond motifs is 8. The van der Waals surface area contributed by atoms with E-state index in [0.29, 0.717) is 17.3 Å². The van der Waals surface area contributed by atoms with E-state index in [1.165, 1.54) is 10.8 Å². The second-order valence-corrected chi connectivity index (χ2v) is 5.20. The predicted octanol–water partition coefficient (Wildman–Crippen LogP) is 4.09. The maximum Gasteiger partial charge on any atom is 0.253 e. The third kappa shape index (κ3) is 1.29. The maximum atomic E-state index is 5.77. The molecule has 0 unspecified atom stereocenters. The fourth-order valence-electron chi connectivity index (χ4n) is 3.08. The lowest BCUT2D eigenvalue weighted by Gasteiger charge is -2.07. The van der Waals surface area contributed by atoms with E-state index in [1.807, 2.05) is 19.1 Å². The number of aromatic nitrogens is 3. The Bertz CT molecular complexity index is 1120. The van der Waals surface area contributed by atoms with Crippen molar-refractivity contribution in [3.63, 3.8) is 0 Å². The highest BCUT2D eigenvalue weighted by Gasteiger charge is 2.16. The SMILES string of the molecule is Cc1nc2nc3c4ccccc4c4ccccc4n3c2o1. The van der Waals surface area contributed by atoms with Crippen molar-refractivity contribution in [3.8, 4) is 0 Å². The third-order valence-corrected chi connectivity index (χ3v) is 3.93. The van der Waals surface area contributed by atoms with Crippen LogP contribution in [0.2, 0.25) is 0 Å². The minimum absolute atomic E-state index is 0.638. The topological polar surface area (TPSA) is 43.3 Å². The van der Waals surface area contributed by atoms with Crippen molar-refractivity contribution in [3.05, 3.63) is 54.4 Å². The summed E-state index contributed by atoms with van der Waals surface area (Å²) in [4.78, 5) is 9.04. The Labute approximate surface area is 119 Å². The minimum atomic E-state index is 0.638. The van der Waals surface area contributed by atoms with E-state index in [1.54, 1.807) is 0 Å². The van der Waals surface area contributed by atoms with Gasteiger partial charge >= 0.3 is 0 Å². The molecule has 3 heterocycles. The number of rotatable bonds is 0. The van der Waals surface area contributed by atoms with E-state index >= 15 is 0 Å². The van der Waals surface area contributed by atoms with E-state index < -0.39 is 0 Å². The number of benzene rings is 2. The number of imidazole rings is 1. The molecule has 5 rings (SSSR count). The molecule has 0 aliphatic carbocycles. The summed E-state index contributed by atoms with van der Waals surface area (Å²) in [5.74, 6) is 0.638. The van der Waals surface area contributed by atoms with E-state index in [4.69, 9.17) is 4.42 Å². The van der Waals surface area contributed by atoms with Crippen LogP contribution in [0, 0.1) is 6.92 Å². The first-order chi connectivity index (χ1) is 10.3. The molecule has 0 N–H and O–H groups in total. The fourth-order valence-corrected chi connectivity index (χ4v) is 3.08. The minimum Gasteiger partial charge on any atom is -0.422 e. The quantitative estimate of drug-likeness (QED) is 0.399. The molecule has 0 saturated carbocycles. The first-order valence-electron chi connectivity index (χ1n) is 6.88. The molecular formula is C17H11N3O. The predicted molar refractivity (Wildman–Crippen MR) is 82.5 cm³/mol. The van der Waals surface area contributed by atoms with E-state index in [0.717, 1.165) is 16.6 Å². The zero-order valence-electron chi connectivity index (χ0n) is 11.4. The van der Waals surface area contributed by atoms with Gasteiger partial charge in [0.2, 0.25) is 5.65 Å². The maximum absolute atomic E-state index is 5.77. The molecule has 4 heteroatoms. The van der Waals surface area contributed by atoms with Crippen molar-refractivity contribution in [2.75, 3.05) is 0 Å². The lowest BCUT2D eigenvalue weighted by molar-refractivity contribution is 0.549. The Hall–Kier alpha value is -2.88. The van der Waals surface area contributed by atoms with Crippen molar-refractivity contribution in [1.29, 1.82) is 0 Å². The Balaban J connectivity index is 2.23. The van der Waals surface area contributed by atoms with Crippen molar-refractivity contribution in [1.82, 2.24) is 14.4 Å². The van der Waals surface area contributed by atoms with Gasteiger partial charge in [-0.2, -0.15) is 4.98 Å². The monoisotopic (exact) mass is 273 g/mol. The van der Waals surface area contributed by atoms with Gasteiger partial charge in [0.15, 0.2) is 11.5 Å². The van der Waals surface area contributed by atoms with Crippen LogP contribution in [0.15, 0.2) is 52.9 Å². The number of pyridine rings is 1. The first-order valence-corrected chi connectivity index (χ1v) is 6.88. The van der Waals surface area contributed by atoms with Gasteiger partial charge < -0.3 is 4.42 Å². The van der Waals surface area contributed by atoms with Gasteiger partial charge in [-0.25, -0.2) is 4.98 Å². The van der Waals surface area contributed by atoms with Crippen LogP contribution < -0.4 is 0 Å². The Morgan fingerprint density at radius 2 is 1.57 bits per heavy atom. The first kappa shape index (κ1) is 10.9. The average Bonchev–Trinajstić information content (AvgIpc) is 3.03. The van der Waals surface area contributed by atoms with E-state index in [-0.39, 0.29) is 0 Å². The largest absolute Gasteiger partial charge is 0.422 e. The van der Waals surface area contributed by atoms with Gasteiger partial charge in [-0.1, -0.05) is 42.5 Å². The highest BCUT2D eigenvalue weighted by molar-refractivity contribution is 6.13. The van der Waals surface area contributed by atoms with Gasteiger partial charge in [0.1, 0.15) is 0 Å². The number of nitrogens with zero attached hydrogens (tertiary/aromatic N) is 3. The van der Waals surface area contributed by atoms with E-state index in [9.17, 15) is 0 Å². The second kappa shape index (κ2) is 3.61. The van der Waals surface area contributed by atoms with Crippen LogP contribution in [0.5, 0.6) is 0 Å². The van der Waals surface area contributed by atoms with Gasteiger partial charge in [0.25, 0.3) is 5.71 Å². The smallest absolute Gasteiger partial charge is 0.253 e. The third-order valence-electron chi connectivity index (χ3n) is 3.93. The van der Waals surface area contributed by atoms with Gasteiger partial charge in [0.05, 0.1) is 5.52 Å². The number of oxazole rings is 1. The summed E-state index contributed by atoms with van der Waals surface area (Å²) in [5, 5.41) is 3.50. The lowest BCUT2D eigenvalue weighted by atomic mass is 10.1. The highest BCUT2D eigenvalue weighted by atomic mass is 16.4. The van der Waals surface area contributed by atoms with Crippen molar-refractivity contribution in [2.24, 2.45) is 0 Å². The lowest BCUT2D eigenvalue weighted by Crippen LogP contribution is -1.90. The van der Waals surface area contributed by atoms with Gasteiger partial charge in [-0.3, -0.25) is 4.40 Å². The fraction of sp³-hybridized carbons (Fsp3) is 0.0588. The van der Waals surface area contributed by atoms with Crippen LogP contribution in [-0.2, 0) is 0 Å². The summed E-state index contributed by atoms with van der Waals surface area (Å²) in [6.07, 6.45) is 0. The number of aryl methyl sites for hydroxylation is 1. The molecule has 5 aromatic rings. The average molecular weight is 273 g/mol. The van der Waals surface area contributed by atoms with Crippen LogP contribution in [0.1, 0.15) is 5.89 Å². The molecule has 0 spiro atoms. The van der Waals surface area contributed by atoms with E-state index in [2.05, 4.69) is 50.8 Å². The molecule has 0 saturated heterocycles. The molecule has 0 amide bonds. The summed E-state index contributed by atoms with van der Waals surface area (Å²) in [6, 6.07) is 16.6. The Kier molecular flexibility index (Phi) is 1.86. The number of hydrogen-bond donors (Lipinski definition) is 0. The zero-order chi connectivity index (χ0) is 14.0. The van der Waals surface area contributed by atoms with Crippen molar-refractivity contribution >= 4 is 38.7 Å². The number of hydrogen-bond acceptors (Lipinski definition) is 3. The highest BCUT2D eigenvalue weighted by Crippen LogP contribution is 2.31. The molecule has 0 fully saturated rings. The van der Waals surface area contributed by atoms with Crippen molar-refractivity contribution in [2.45, 2.75) is 6.92 Å². The number of para-hydroxylation sites is 1. The van der Waals surface area contributed by atoms with Crippen LogP contribution in [0.3, 0.4) is 0 Å². The van der Waals surface area contributed by atoms with Crippen molar-refractivity contribution < 1.29 is 4.42 Å². The molecule has 0 bridgehead atoms. The molecule has 0 aliphatic heterocycles. The van der Waals surface area contributed by atoms with Gasteiger partial charge in [0, 0.05) is 17.7 Å². The Morgan fingerprint density at radius 3 is 2.43 bits per heavy atom. The summed E-state index contributed by atoms with van der Waals surface area (Å²) in [6.45, 7) is 1.84. The van der Waals surface area contributed by atoms with Gasteiger partial charge in [-0.05, 0) is 11.5 Å². The normalized spacial score (nSPS) is 12.0. The summed E-state index contributed by atoms with van der Waals surface area (Å²) >= 11 is 0. The molecule has 0 radical (unpaired) electrons. The molecule has 2 aromatic carbocycles. The molecule has 21 heavy (non-hydrogen) atoms. The zero-order valence-corrected chi connectivity index (χ0v) is 11.4. The van der Waals surface area contributed by atoms with Crippen LogP contribution in [0.25, 0.3) is 38.7 Å². The van der Waals surface area contributed by atoms with Gasteiger partial charge in [-0.15, -0.1) is 0 Å². The van der Waals surface area contributed by atoms with Crippen LogP contribution in [-0.4, -0.2) is 14.4 Å². The summed E-state index contributed by atoms with van der Waals surface area (Å²) < 4.78 is 7.83. The second-order valence-electron chi connectivity index (χ2n) is 5.20. The van der Waals surface area contributed by atoms with Crippen LogP contribution in [0.4, 0.5) is 0 Å².